The Kier molecular flexibility index (Phi) is 6.57. The standard InChI is InChI=1S/C25H27N3O4S/c29-17(16-32-18-7-2-1-3-8-18)13-28(14-19-9-6-12-31-19)15-22-26-24(30)23-20-10-4-5-11-21(20)33-25(23)27-22/h1-3,6-9,12,17,29H,4-5,10-11,13-16H2,(H,26,27,30)/t17-/m1/s1. The van der Waals surface area contributed by atoms with Crippen LogP contribution in [0.1, 0.15) is 34.9 Å². The Hall–Kier alpha value is -2.94. The number of aryl methyl sites for hydroxylation is 2. The molecular weight excluding hydrogens is 438 g/mol. The Morgan fingerprint density at radius 3 is 2.82 bits per heavy atom. The van der Waals surface area contributed by atoms with Crippen LogP contribution >= 0.6 is 11.3 Å². The van der Waals surface area contributed by atoms with Crippen LogP contribution in [-0.2, 0) is 25.9 Å². The summed E-state index contributed by atoms with van der Waals surface area (Å²) < 4.78 is 11.2. The molecule has 0 saturated heterocycles. The molecule has 3 heterocycles. The van der Waals surface area contributed by atoms with Gasteiger partial charge in [0, 0.05) is 11.4 Å². The number of aliphatic hydroxyl groups excluding tert-OH is 1. The topological polar surface area (TPSA) is 91.6 Å². The third-order valence-electron chi connectivity index (χ3n) is 5.86. The molecule has 0 radical (unpaired) electrons. The molecule has 0 unspecified atom stereocenters. The molecule has 33 heavy (non-hydrogen) atoms. The Balaban J connectivity index is 1.33. The number of para-hydroxylation sites is 1. The lowest BCUT2D eigenvalue weighted by Crippen LogP contribution is -2.35. The van der Waals surface area contributed by atoms with Gasteiger partial charge in [-0.15, -0.1) is 11.3 Å². The van der Waals surface area contributed by atoms with E-state index in [4.69, 9.17) is 14.1 Å². The number of H-pyrrole nitrogens is 1. The van der Waals surface area contributed by atoms with E-state index >= 15 is 0 Å². The van der Waals surface area contributed by atoms with E-state index in [0.717, 1.165) is 35.2 Å². The van der Waals surface area contributed by atoms with Gasteiger partial charge in [0.1, 0.15) is 34.9 Å². The largest absolute Gasteiger partial charge is 0.491 e. The summed E-state index contributed by atoms with van der Waals surface area (Å²) in [6.07, 6.45) is 5.19. The first-order chi connectivity index (χ1) is 16.2. The van der Waals surface area contributed by atoms with Crippen molar-refractivity contribution in [2.75, 3.05) is 13.2 Å². The van der Waals surface area contributed by atoms with Gasteiger partial charge in [-0.1, -0.05) is 18.2 Å². The molecule has 172 valence electrons. The van der Waals surface area contributed by atoms with Crippen LogP contribution in [-0.4, -0.2) is 39.2 Å². The summed E-state index contributed by atoms with van der Waals surface area (Å²) in [6.45, 7) is 1.38. The molecule has 0 bridgehead atoms. The van der Waals surface area contributed by atoms with Crippen molar-refractivity contribution >= 4 is 21.6 Å². The fourth-order valence-electron chi connectivity index (χ4n) is 4.36. The van der Waals surface area contributed by atoms with Crippen molar-refractivity contribution < 1.29 is 14.3 Å². The van der Waals surface area contributed by atoms with Gasteiger partial charge in [0.25, 0.3) is 5.56 Å². The summed E-state index contributed by atoms with van der Waals surface area (Å²) in [4.78, 5) is 24.8. The lowest BCUT2D eigenvalue weighted by atomic mass is 9.97. The quantitative estimate of drug-likeness (QED) is 0.390. The molecule has 2 N–H and O–H groups in total. The van der Waals surface area contributed by atoms with Crippen molar-refractivity contribution in [2.24, 2.45) is 0 Å². The van der Waals surface area contributed by atoms with Crippen molar-refractivity contribution in [3.8, 4) is 5.75 Å². The van der Waals surface area contributed by atoms with Gasteiger partial charge < -0.3 is 19.2 Å². The number of hydrogen-bond acceptors (Lipinski definition) is 7. The first-order valence-electron chi connectivity index (χ1n) is 11.3. The number of furan rings is 1. The maximum Gasteiger partial charge on any atom is 0.259 e. The summed E-state index contributed by atoms with van der Waals surface area (Å²) in [6, 6.07) is 13.2. The second-order valence-corrected chi connectivity index (χ2v) is 9.51. The highest BCUT2D eigenvalue weighted by Crippen LogP contribution is 2.33. The molecule has 0 aliphatic heterocycles. The molecule has 1 aliphatic carbocycles. The van der Waals surface area contributed by atoms with E-state index in [2.05, 4.69) is 4.98 Å². The zero-order chi connectivity index (χ0) is 22.6. The van der Waals surface area contributed by atoms with Crippen molar-refractivity contribution in [3.05, 3.63) is 81.1 Å². The second-order valence-electron chi connectivity index (χ2n) is 8.43. The molecule has 0 spiro atoms. The van der Waals surface area contributed by atoms with E-state index in [9.17, 15) is 9.90 Å². The number of nitrogens with one attached hydrogen (secondary N) is 1. The van der Waals surface area contributed by atoms with Gasteiger partial charge in [0.2, 0.25) is 0 Å². The van der Waals surface area contributed by atoms with Crippen molar-refractivity contribution in [1.29, 1.82) is 0 Å². The third kappa shape index (κ3) is 5.19. The summed E-state index contributed by atoms with van der Waals surface area (Å²) in [7, 11) is 0. The number of aliphatic hydroxyl groups is 1. The van der Waals surface area contributed by atoms with Crippen LogP contribution < -0.4 is 10.3 Å². The SMILES string of the molecule is O=c1[nH]c(CN(Cc2ccco2)C[C@@H](O)COc2ccccc2)nc2sc3c(c12)CCCC3. The Labute approximate surface area is 195 Å². The first-order valence-corrected chi connectivity index (χ1v) is 12.1. The van der Waals surface area contributed by atoms with Gasteiger partial charge in [0.15, 0.2) is 0 Å². The van der Waals surface area contributed by atoms with E-state index < -0.39 is 6.10 Å². The van der Waals surface area contributed by atoms with Gasteiger partial charge >= 0.3 is 0 Å². The van der Waals surface area contributed by atoms with Crippen LogP contribution in [0.4, 0.5) is 0 Å². The molecule has 0 fully saturated rings. The van der Waals surface area contributed by atoms with Crippen LogP contribution in [0.3, 0.4) is 0 Å². The molecule has 0 saturated carbocycles. The Bertz CT molecular complexity index is 1250. The van der Waals surface area contributed by atoms with Gasteiger partial charge in [0.05, 0.1) is 24.7 Å². The zero-order valence-electron chi connectivity index (χ0n) is 18.3. The van der Waals surface area contributed by atoms with Crippen LogP contribution in [0, 0.1) is 0 Å². The highest BCUT2D eigenvalue weighted by atomic mass is 32.1. The zero-order valence-corrected chi connectivity index (χ0v) is 19.1. The van der Waals surface area contributed by atoms with E-state index in [1.165, 1.54) is 16.9 Å². The van der Waals surface area contributed by atoms with E-state index in [1.807, 2.05) is 47.4 Å². The minimum Gasteiger partial charge on any atom is -0.491 e. The van der Waals surface area contributed by atoms with Crippen molar-refractivity contribution in [1.82, 2.24) is 14.9 Å². The number of aromatic amines is 1. The predicted octanol–water partition coefficient (Wildman–Crippen LogP) is 3.90. The number of benzene rings is 1. The van der Waals surface area contributed by atoms with Gasteiger partial charge in [-0.2, -0.15) is 0 Å². The first kappa shape index (κ1) is 21.9. The molecule has 1 atom stereocenters. The number of nitrogens with zero attached hydrogens (tertiary/aromatic N) is 2. The molecule has 4 aromatic rings. The van der Waals surface area contributed by atoms with Crippen LogP contribution in [0.25, 0.3) is 10.2 Å². The Morgan fingerprint density at radius 2 is 2.00 bits per heavy atom. The minimum atomic E-state index is -0.718. The van der Waals surface area contributed by atoms with Crippen molar-refractivity contribution in [2.45, 2.75) is 44.9 Å². The van der Waals surface area contributed by atoms with Crippen LogP contribution in [0.2, 0.25) is 0 Å². The number of ether oxygens (including phenoxy) is 1. The molecule has 1 aliphatic rings. The predicted molar refractivity (Wildman–Crippen MR) is 128 cm³/mol. The van der Waals surface area contributed by atoms with Gasteiger partial charge in [-0.3, -0.25) is 9.69 Å². The summed E-state index contributed by atoms with van der Waals surface area (Å²) >= 11 is 1.64. The van der Waals surface area contributed by atoms with E-state index in [0.29, 0.717) is 31.2 Å². The van der Waals surface area contributed by atoms with Crippen LogP contribution in [0.5, 0.6) is 5.75 Å². The fraction of sp³-hybridized carbons (Fsp3) is 0.360. The van der Waals surface area contributed by atoms with Crippen LogP contribution in [0.15, 0.2) is 57.9 Å². The molecular formula is C25H27N3O4S. The highest BCUT2D eigenvalue weighted by Gasteiger charge is 2.21. The van der Waals surface area contributed by atoms with E-state index in [1.54, 1.807) is 17.6 Å². The maximum absolute atomic E-state index is 12.9. The van der Waals surface area contributed by atoms with Gasteiger partial charge in [-0.05, 0) is 55.5 Å². The number of fused-ring (bicyclic) bond motifs is 3. The molecule has 1 aromatic carbocycles. The molecule has 5 rings (SSSR count). The number of rotatable bonds is 9. The minimum absolute atomic E-state index is 0.0692. The summed E-state index contributed by atoms with van der Waals surface area (Å²) in [5.41, 5.74) is 1.11. The fourth-order valence-corrected chi connectivity index (χ4v) is 5.64. The smallest absolute Gasteiger partial charge is 0.259 e. The summed E-state index contributed by atoms with van der Waals surface area (Å²) in [5.74, 6) is 2.09. The second kappa shape index (κ2) is 9.91. The summed E-state index contributed by atoms with van der Waals surface area (Å²) in [5, 5.41) is 11.4. The highest BCUT2D eigenvalue weighted by molar-refractivity contribution is 7.18. The normalized spacial score (nSPS) is 14.5. The lowest BCUT2D eigenvalue weighted by molar-refractivity contribution is 0.0595. The average Bonchev–Trinajstić information content (AvgIpc) is 3.46. The maximum atomic E-state index is 12.9. The number of hydrogen-bond donors (Lipinski definition) is 2. The van der Waals surface area contributed by atoms with Gasteiger partial charge in [-0.25, -0.2) is 4.98 Å². The number of aromatic nitrogens is 2. The Morgan fingerprint density at radius 1 is 1.15 bits per heavy atom. The van der Waals surface area contributed by atoms with E-state index in [-0.39, 0.29) is 12.2 Å². The monoisotopic (exact) mass is 465 g/mol. The molecule has 0 amide bonds. The average molecular weight is 466 g/mol. The van der Waals surface area contributed by atoms with Crippen molar-refractivity contribution in [3.63, 3.8) is 0 Å². The molecule has 3 aromatic heterocycles. The third-order valence-corrected chi connectivity index (χ3v) is 7.05. The molecule has 7 nitrogen and oxygen atoms in total. The number of thiophene rings is 1. The lowest BCUT2D eigenvalue weighted by Gasteiger charge is -2.24. The molecule has 8 heteroatoms.